The molecule has 2 aliphatic rings. The Morgan fingerprint density at radius 2 is 1.89 bits per heavy atom. The van der Waals surface area contributed by atoms with Crippen molar-refractivity contribution in [3.05, 3.63) is 58.7 Å². The van der Waals surface area contributed by atoms with Gasteiger partial charge < -0.3 is 14.2 Å². The zero-order valence-electron chi connectivity index (χ0n) is 22.5. The van der Waals surface area contributed by atoms with Gasteiger partial charge in [-0.3, -0.25) is 14.5 Å². The molecule has 37 heavy (non-hydrogen) atoms. The van der Waals surface area contributed by atoms with Gasteiger partial charge in [-0.05, 0) is 57.9 Å². The molecule has 1 fully saturated rings. The summed E-state index contributed by atoms with van der Waals surface area (Å²) >= 11 is 0. The van der Waals surface area contributed by atoms with E-state index >= 15 is 0 Å². The summed E-state index contributed by atoms with van der Waals surface area (Å²) in [4.78, 5) is 28.1. The first-order valence-electron chi connectivity index (χ1n) is 12.9. The molecule has 4 rings (SSSR count). The van der Waals surface area contributed by atoms with Gasteiger partial charge in [0.2, 0.25) is 0 Å². The predicted octanol–water partition coefficient (Wildman–Crippen LogP) is 4.27. The monoisotopic (exact) mass is 507 g/mol. The molecule has 0 bridgehead atoms. The average Bonchev–Trinajstić information content (AvgIpc) is 3.33. The lowest BCUT2D eigenvalue weighted by Gasteiger charge is -2.32. The summed E-state index contributed by atoms with van der Waals surface area (Å²) in [5, 5.41) is 6.47. The van der Waals surface area contributed by atoms with Gasteiger partial charge in [0.1, 0.15) is 11.5 Å². The smallest absolute Gasteiger partial charge is 0.310 e. The molecule has 2 aromatic rings. The molecule has 1 saturated heterocycles. The molecule has 0 spiro atoms. The molecule has 0 aliphatic carbocycles. The molecule has 198 valence electrons. The van der Waals surface area contributed by atoms with Gasteiger partial charge >= 0.3 is 5.97 Å². The van der Waals surface area contributed by atoms with E-state index in [1.165, 1.54) is 5.56 Å². The van der Waals surface area contributed by atoms with Crippen molar-refractivity contribution in [2.24, 2.45) is 11.0 Å². The minimum atomic E-state index is -0.310. The van der Waals surface area contributed by atoms with Gasteiger partial charge in [-0.2, -0.15) is 5.10 Å². The number of amides is 1. The fraction of sp³-hybridized carbons (Fsp3) is 0.483. The van der Waals surface area contributed by atoms with Crippen LogP contribution in [0.1, 0.15) is 54.5 Å². The fourth-order valence-corrected chi connectivity index (χ4v) is 5.29. The van der Waals surface area contributed by atoms with Crippen molar-refractivity contribution in [2.45, 2.75) is 46.1 Å². The van der Waals surface area contributed by atoms with Crippen molar-refractivity contribution in [1.29, 1.82) is 0 Å². The summed E-state index contributed by atoms with van der Waals surface area (Å²) in [5.41, 5.74) is 5.10. The van der Waals surface area contributed by atoms with Crippen LogP contribution in [0.3, 0.4) is 0 Å². The molecule has 8 nitrogen and oxygen atoms in total. The summed E-state index contributed by atoms with van der Waals surface area (Å²) in [6.45, 7) is 7.78. The van der Waals surface area contributed by atoms with Gasteiger partial charge in [0.25, 0.3) is 5.91 Å². The summed E-state index contributed by atoms with van der Waals surface area (Å²) in [7, 11) is 3.23. The van der Waals surface area contributed by atoms with Gasteiger partial charge in [0.15, 0.2) is 0 Å². The molecular weight excluding hydrogens is 470 g/mol. The van der Waals surface area contributed by atoms with Crippen LogP contribution in [0.15, 0.2) is 41.5 Å². The Kier molecular flexibility index (Phi) is 8.48. The Morgan fingerprint density at radius 1 is 1.08 bits per heavy atom. The second-order valence-electron chi connectivity index (χ2n) is 9.76. The Morgan fingerprint density at radius 3 is 2.59 bits per heavy atom. The van der Waals surface area contributed by atoms with Crippen LogP contribution in [0, 0.1) is 19.8 Å². The van der Waals surface area contributed by atoms with Crippen LogP contribution < -0.4 is 9.47 Å². The highest BCUT2D eigenvalue weighted by Crippen LogP contribution is 2.39. The maximum atomic E-state index is 13.7. The number of nitrogens with zero attached hydrogens (tertiary/aromatic N) is 3. The topological polar surface area (TPSA) is 80.7 Å². The van der Waals surface area contributed by atoms with Gasteiger partial charge in [-0.15, -0.1) is 0 Å². The van der Waals surface area contributed by atoms with E-state index in [1.807, 2.05) is 30.0 Å². The summed E-state index contributed by atoms with van der Waals surface area (Å²) < 4.78 is 16.3. The second-order valence-corrected chi connectivity index (χ2v) is 9.76. The third kappa shape index (κ3) is 5.96. The van der Waals surface area contributed by atoms with E-state index in [-0.39, 0.29) is 30.4 Å². The van der Waals surface area contributed by atoms with E-state index < -0.39 is 0 Å². The van der Waals surface area contributed by atoms with Gasteiger partial charge in [-0.1, -0.05) is 23.8 Å². The average molecular weight is 508 g/mol. The molecule has 0 aromatic heterocycles. The summed E-state index contributed by atoms with van der Waals surface area (Å²) in [6, 6.07) is 11.6. The van der Waals surface area contributed by atoms with Crippen LogP contribution in [0.5, 0.6) is 11.5 Å². The lowest BCUT2D eigenvalue weighted by Crippen LogP contribution is -2.44. The van der Waals surface area contributed by atoms with E-state index in [9.17, 15) is 9.59 Å². The quantitative estimate of drug-likeness (QED) is 0.497. The molecular formula is C29H37N3O5. The number of carbonyl (C=O) groups excluding carboxylic acids is 2. The maximum absolute atomic E-state index is 13.7. The molecule has 0 saturated carbocycles. The molecule has 2 atom stereocenters. The Labute approximate surface area is 219 Å². The minimum absolute atomic E-state index is 0.104. The summed E-state index contributed by atoms with van der Waals surface area (Å²) in [5.74, 6) is 0.848. The van der Waals surface area contributed by atoms with Crippen LogP contribution >= 0.6 is 0 Å². The predicted molar refractivity (Wildman–Crippen MR) is 142 cm³/mol. The van der Waals surface area contributed by atoms with Crippen LogP contribution in [-0.4, -0.2) is 68.0 Å². The summed E-state index contributed by atoms with van der Waals surface area (Å²) in [6.07, 6.45) is 2.21. The lowest BCUT2D eigenvalue weighted by atomic mass is 9.94. The zero-order valence-corrected chi connectivity index (χ0v) is 22.5. The first kappa shape index (κ1) is 26.7. The molecule has 0 unspecified atom stereocenters. The number of piperidine rings is 1. The SMILES string of the molecule is CCOC(=O)[C@H]1CCCN(CC(=O)N2N=C(c3ccc(C)cc3C)C[C@@H]2c2ccc(OC)cc2OC)C1. The van der Waals surface area contributed by atoms with E-state index in [0.29, 0.717) is 31.1 Å². The standard InChI is InChI=1S/C29H37N3O5/c1-6-37-29(34)21-8-7-13-31(17-21)18-28(33)32-26(24-12-10-22(35-4)15-27(24)36-5)16-25(30-32)23-11-9-19(2)14-20(23)3/h9-12,14-15,21,26H,6-8,13,16-18H2,1-5H3/t21-,26+/m0/s1. The number of hydrogen-bond acceptors (Lipinski definition) is 7. The molecule has 0 N–H and O–H groups in total. The van der Waals surface area contributed by atoms with E-state index in [2.05, 4.69) is 32.0 Å². The van der Waals surface area contributed by atoms with E-state index in [1.54, 1.807) is 19.2 Å². The normalized spacial score (nSPS) is 19.9. The maximum Gasteiger partial charge on any atom is 0.310 e. The number of likely N-dealkylation sites (tertiary alicyclic amines) is 1. The number of carbonyl (C=O) groups is 2. The van der Waals surface area contributed by atoms with Gasteiger partial charge in [0, 0.05) is 30.2 Å². The number of methoxy groups -OCH3 is 2. The number of hydrogen-bond donors (Lipinski definition) is 0. The van der Waals surface area contributed by atoms with Crippen molar-refractivity contribution < 1.29 is 23.8 Å². The zero-order chi connectivity index (χ0) is 26.5. The van der Waals surface area contributed by atoms with Crippen LogP contribution in [0.2, 0.25) is 0 Å². The van der Waals surface area contributed by atoms with E-state index in [0.717, 1.165) is 41.8 Å². The molecule has 8 heteroatoms. The molecule has 1 amide bonds. The van der Waals surface area contributed by atoms with Crippen molar-refractivity contribution in [3.8, 4) is 11.5 Å². The van der Waals surface area contributed by atoms with Gasteiger partial charge in [0.05, 0.1) is 45.0 Å². The highest BCUT2D eigenvalue weighted by Gasteiger charge is 2.37. The fourth-order valence-electron chi connectivity index (χ4n) is 5.29. The number of ether oxygens (including phenoxy) is 3. The van der Waals surface area contributed by atoms with Crippen molar-refractivity contribution in [1.82, 2.24) is 9.91 Å². The lowest BCUT2D eigenvalue weighted by molar-refractivity contribution is -0.150. The van der Waals surface area contributed by atoms with Crippen molar-refractivity contribution >= 4 is 17.6 Å². The third-order valence-corrected chi connectivity index (χ3v) is 7.14. The molecule has 2 aromatic carbocycles. The van der Waals surface area contributed by atoms with E-state index in [4.69, 9.17) is 19.3 Å². The number of rotatable bonds is 8. The first-order chi connectivity index (χ1) is 17.8. The Bertz CT molecular complexity index is 1180. The number of benzene rings is 2. The highest BCUT2D eigenvalue weighted by molar-refractivity contribution is 6.04. The third-order valence-electron chi connectivity index (χ3n) is 7.14. The highest BCUT2D eigenvalue weighted by atomic mass is 16.5. The number of hydrazone groups is 1. The largest absolute Gasteiger partial charge is 0.497 e. The molecule has 2 aliphatic heterocycles. The van der Waals surface area contributed by atoms with Crippen LogP contribution in [-0.2, 0) is 14.3 Å². The minimum Gasteiger partial charge on any atom is -0.497 e. The van der Waals surface area contributed by atoms with Crippen molar-refractivity contribution in [2.75, 3.05) is 40.5 Å². The van der Waals surface area contributed by atoms with Gasteiger partial charge in [-0.25, -0.2) is 5.01 Å². The first-order valence-corrected chi connectivity index (χ1v) is 12.9. The number of aryl methyl sites for hydroxylation is 2. The number of esters is 1. The molecule has 2 heterocycles. The van der Waals surface area contributed by atoms with Crippen LogP contribution in [0.25, 0.3) is 0 Å². The second kappa shape index (κ2) is 11.8. The molecule has 0 radical (unpaired) electrons. The van der Waals surface area contributed by atoms with Crippen LogP contribution in [0.4, 0.5) is 0 Å². The Hall–Kier alpha value is -3.39. The Balaban J connectivity index is 1.62. The van der Waals surface area contributed by atoms with Crippen molar-refractivity contribution in [3.63, 3.8) is 0 Å².